The van der Waals surface area contributed by atoms with E-state index in [9.17, 15) is 0 Å². The molecule has 1 atom stereocenters. The van der Waals surface area contributed by atoms with Gasteiger partial charge in [0.25, 0.3) is 0 Å². The molecule has 1 aromatic rings. The van der Waals surface area contributed by atoms with Gasteiger partial charge in [-0.15, -0.1) is 11.3 Å². The van der Waals surface area contributed by atoms with E-state index in [-0.39, 0.29) is 0 Å². The highest BCUT2D eigenvalue weighted by Crippen LogP contribution is 2.64. The van der Waals surface area contributed by atoms with E-state index in [1.165, 1.54) is 49.0 Å². The Morgan fingerprint density at radius 1 is 1.21 bits per heavy atom. The second-order valence-corrected chi connectivity index (χ2v) is 8.49. The number of nitrogens with two attached hydrogens (primary N) is 1. The van der Waals surface area contributed by atoms with Crippen LogP contribution in [0.3, 0.4) is 0 Å². The predicted molar refractivity (Wildman–Crippen MR) is 79.7 cm³/mol. The van der Waals surface area contributed by atoms with Crippen molar-refractivity contribution in [2.45, 2.75) is 51.5 Å². The Hall–Kier alpha value is -0.380. The van der Waals surface area contributed by atoms with Crippen molar-refractivity contribution in [1.82, 2.24) is 5.43 Å². The third-order valence-corrected chi connectivity index (χ3v) is 6.83. The molecule has 0 spiro atoms. The summed E-state index contributed by atoms with van der Waals surface area (Å²) in [4.78, 5) is 1.40. The summed E-state index contributed by atoms with van der Waals surface area (Å²) < 4.78 is 0. The largest absolute Gasteiger partial charge is 0.271 e. The van der Waals surface area contributed by atoms with E-state index in [0.29, 0.717) is 11.5 Å². The standard InChI is InChI=1S/C16H24N2S/c1-10-2-14(9-19-10)15(18-17)16-6-11-3-12(7-16)5-13(4-11)8-16/h2,9,11-13,15,18H,3-8,17H2,1H3. The summed E-state index contributed by atoms with van der Waals surface area (Å²) in [7, 11) is 0. The van der Waals surface area contributed by atoms with E-state index in [0.717, 1.165) is 17.8 Å². The summed E-state index contributed by atoms with van der Waals surface area (Å²) in [6.07, 6.45) is 8.71. The molecule has 4 aliphatic rings. The van der Waals surface area contributed by atoms with Gasteiger partial charge in [-0.05, 0) is 85.6 Å². The van der Waals surface area contributed by atoms with Crippen LogP contribution in [0, 0.1) is 30.1 Å². The summed E-state index contributed by atoms with van der Waals surface area (Å²) in [5, 5.41) is 2.32. The van der Waals surface area contributed by atoms with Crippen LogP contribution < -0.4 is 11.3 Å². The quantitative estimate of drug-likeness (QED) is 0.651. The first kappa shape index (κ1) is 12.4. The maximum Gasteiger partial charge on any atom is 0.0524 e. The van der Waals surface area contributed by atoms with Crippen molar-refractivity contribution in [1.29, 1.82) is 0 Å². The molecule has 0 aliphatic heterocycles. The number of hydrogen-bond acceptors (Lipinski definition) is 3. The van der Waals surface area contributed by atoms with Gasteiger partial charge in [0.15, 0.2) is 0 Å². The van der Waals surface area contributed by atoms with Crippen molar-refractivity contribution in [2.24, 2.45) is 29.0 Å². The summed E-state index contributed by atoms with van der Waals surface area (Å²) >= 11 is 1.86. The molecule has 2 nitrogen and oxygen atoms in total. The Bertz CT molecular complexity index is 444. The molecule has 0 saturated heterocycles. The van der Waals surface area contributed by atoms with E-state index in [1.807, 2.05) is 11.3 Å². The van der Waals surface area contributed by atoms with E-state index < -0.39 is 0 Å². The van der Waals surface area contributed by atoms with E-state index >= 15 is 0 Å². The predicted octanol–water partition coefficient (Wildman–Crippen LogP) is 3.78. The molecule has 19 heavy (non-hydrogen) atoms. The molecule has 3 heteroatoms. The molecule has 3 N–H and O–H groups in total. The van der Waals surface area contributed by atoms with Crippen molar-refractivity contribution < 1.29 is 0 Å². The number of rotatable bonds is 3. The van der Waals surface area contributed by atoms with E-state index in [2.05, 4.69) is 23.8 Å². The molecule has 4 bridgehead atoms. The van der Waals surface area contributed by atoms with Crippen LogP contribution in [0.15, 0.2) is 11.4 Å². The Morgan fingerprint density at radius 3 is 2.21 bits per heavy atom. The number of hydrogen-bond donors (Lipinski definition) is 2. The van der Waals surface area contributed by atoms with E-state index in [4.69, 9.17) is 5.84 Å². The third-order valence-electron chi connectivity index (χ3n) is 5.95. The lowest BCUT2D eigenvalue weighted by molar-refractivity contribution is -0.0748. The molecule has 0 aromatic carbocycles. The highest BCUT2D eigenvalue weighted by molar-refractivity contribution is 7.10. The fourth-order valence-corrected chi connectivity index (χ4v) is 6.50. The monoisotopic (exact) mass is 276 g/mol. The molecule has 1 aromatic heterocycles. The average Bonchev–Trinajstić information content (AvgIpc) is 2.74. The normalized spacial score (nSPS) is 41.7. The average molecular weight is 276 g/mol. The van der Waals surface area contributed by atoms with Gasteiger partial charge in [0.2, 0.25) is 0 Å². The highest BCUT2D eigenvalue weighted by Gasteiger charge is 2.54. The fraction of sp³-hybridized carbons (Fsp3) is 0.750. The van der Waals surface area contributed by atoms with Crippen molar-refractivity contribution in [3.05, 3.63) is 21.9 Å². The lowest BCUT2D eigenvalue weighted by atomic mass is 9.47. The number of thiophene rings is 1. The molecule has 4 fully saturated rings. The van der Waals surface area contributed by atoms with Crippen molar-refractivity contribution in [3.8, 4) is 0 Å². The Morgan fingerprint density at radius 2 is 1.79 bits per heavy atom. The molecule has 4 saturated carbocycles. The molecule has 1 unspecified atom stereocenters. The van der Waals surface area contributed by atoms with Gasteiger partial charge in [0.1, 0.15) is 0 Å². The van der Waals surface area contributed by atoms with Gasteiger partial charge in [-0.2, -0.15) is 0 Å². The Balaban J connectivity index is 1.69. The van der Waals surface area contributed by atoms with Gasteiger partial charge >= 0.3 is 0 Å². The smallest absolute Gasteiger partial charge is 0.0524 e. The van der Waals surface area contributed by atoms with Gasteiger partial charge < -0.3 is 0 Å². The number of nitrogens with one attached hydrogen (secondary N) is 1. The molecule has 4 aliphatic carbocycles. The van der Waals surface area contributed by atoms with Crippen LogP contribution in [0.5, 0.6) is 0 Å². The first-order valence-corrected chi connectivity index (χ1v) is 8.58. The second-order valence-electron chi connectivity index (χ2n) is 7.37. The second kappa shape index (κ2) is 4.31. The SMILES string of the molecule is Cc1cc(C(NN)C23CC4CC(CC(C4)C2)C3)cs1. The summed E-state index contributed by atoms with van der Waals surface area (Å²) in [6.45, 7) is 2.20. The number of aryl methyl sites for hydroxylation is 1. The summed E-state index contributed by atoms with van der Waals surface area (Å²) in [5.74, 6) is 8.95. The maximum atomic E-state index is 5.99. The van der Waals surface area contributed by atoms with Gasteiger partial charge in [-0.3, -0.25) is 11.3 Å². The summed E-state index contributed by atoms with van der Waals surface area (Å²) in [5.41, 5.74) is 5.09. The molecule has 104 valence electrons. The third kappa shape index (κ3) is 1.90. The number of hydrazine groups is 1. The Labute approximate surface area is 119 Å². The minimum absolute atomic E-state index is 0.380. The van der Waals surface area contributed by atoms with Crippen LogP contribution in [0.1, 0.15) is 55.0 Å². The van der Waals surface area contributed by atoms with Crippen LogP contribution in [0.2, 0.25) is 0 Å². The topological polar surface area (TPSA) is 38.0 Å². The van der Waals surface area contributed by atoms with Crippen molar-refractivity contribution >= 4 is 11.3 Å². The van der Waals surface area contributed by atoms with Gasteiger partial charge in [0, 0.05) is 4.88 Å². The first-order valence-electron chi connectivity index (χ1n) is 7.70. The fourth-order valence-electron chi connectivity index (χ4n) is 5.77. The maximum absolute atomic E-state index is 5.99. The van der Waals surface area contributed by atoms with Gasteiger partial charge in [-0.1, -0.05) is 0 Å². The zero-order chi connectivity index (χ0) is 13.0. The molecule has 5 rings (SSSR count). The lowest BCUT2D eigenvalue weighted by Crippen LogP contribution is -2.53. The molecular weight excluding hydrogens is 252 g/mol. The van der Waals surface area contributed by atoms with Crippen LogP contribution in [0.4, 0.5) is 0 Å². The van der Waals surface area contributed by atoms with Gasteiger partial charge in [0.05, 0.1) is 6.04 Å². The molecule has 1 heterocycles. The summed E-state index contributed by atoms with van der Waals surface area (Å²) in [6, 6.07) is 2.72. The highest BCUT2D eigenvalue weighted by atomic mass is 32.1. The van der Waals surface area contributed by atoms with Crippen LogP contribution in [-0.2, 0) is 0 Å². The first-order chi connectivity index (χ1) is 9.18. The van der Waals surface area contributed by atoms with E-state index in [1.54, 1.807) is 0 Å². The van der Waals surface area contributed by atoms with Crippen molar-refractivity contribution in [3.63, 3.8) is 0 Å². The molecule has 0 radical (unpaired) electrons. The zero-order valence-electron chi connectivity index (χ0n) is 11.7. The van der Waals surface area contributed by atoms with Crippen LogP contribution in [0.25, 0.3) is 0 Å². The Kier molecular flexibility index (Phi) is 2.80. The lowest BCUT2D eigenvalue weighted by Gasteiger charge is -2.59. The minimum atomic E-state index is 0.380. The molecular formula is C16H24N2S. The van der Waals surface area contributed by atoms with Crippen LogP contribution >= 0.6 is 11.3 Å². The van der Waals surface area contributed by atoms with Gasteiger partial charge in [-0.25, -0.2) is 0 Å². The molecule has 0 amide bonds. The van der Waals surface area contributed by atoms with Crippen molar-refractivity contribution in [2.75, 3.05) is 0 Å². The zero-order valence-corrected chi connectivity index (χ0v) is 12.5. The van der Waals surface area contributed by atoms with Crippen LogP contribution in [-0.4, -0.2) is 0 Å². The minimum Gasteiger partial charge on any atom is -0.271 e.